The van der Waals surface area contributed by atoms with Crippen molar-refractivity contribution in [2.75, 3.05) is 33.8 Å². The second-order valence-corrected chi connectivity index (χ2v) is 6.16. The Balaban J connectivity index is 1.91. The SMILES string of the molecule is COc1ccc(Br)c(C(=O)NCC2CCN(C)CC2)c1. The van der Waals surface area contributed by atoms with Gasteiger partial charge in [0.2, 0.25) is 0 Å². The fourth-order valence-corrected chi connectivity index (χ4v) is 2.83. The fourth-order valence-electron chi connectivity index (χ4n) is 2.40. The average Bonchev–Trinajstić information content (AvgIpc) is 2.47. The third-order valence-corrected chi connectivity index (χ3v) is 4.50. The highest BCUT2D eigenvalue weighted by molar-refractivity contribution is 9.10. The number of piperidine rings is 1. The summed E-state index contributed by atoms with van der Waals surface area (Å²) in [5, 5.41) is 3.03. The first-order chi connectivity index (χ1) is 9.60. The molecule has 1 saturated heterocycles. The Morgan fingerprint density at radius 2 is 2.15 bits per heavy atom. The van der Waals surface area contributed by atoms with Crippen LogP contribution in [0.2, 0.25) is 0 Å². The summed E-state index contributed by atoms with van der Waals surface area (Å²) in [5.74, 6) is 1.23. The lowest BCUT2D eigenvalue weighted by Crippen LogP contribution is -2.36. The van der Waals surface area contributed by atoms with Crippen LogP contribution in [0.1, 0.15) is 23.2 Å². The van der Waals surface area contributed by atoms with Crippen LogP contribution in [-0.2, 0) is 0 Å². The Labute approximate surface area is 128 Å². The zero-order chi connectivity index (χ0) is 14.5. The summed E-state index contributed by atoms with van der Waals surface area (Å²) >= 11 is 3.41. The molecule has 0 saturated carbocycles. The van der Waals surface area contributed by atoms with E-state index in [1.807, 2.05) is 12.1 Å². The van der Waals surface area contributed by atoms with Crippen molar-refractivity contribution in [2.24, 2.45) is 5.92 Å². The second-order valence-electron chi connectivity index (χ2n) is 5.30. The Kier molecular flexibility index (Phi) is 5.43. The van der Waals surface area contributed by atoms with Crippen molar-refractivity contribution >= 4 is 21.8 Å². The molecule has 0 atom stereocenters. The van der Waals surface area contributed by atoms with Crippen LogP contribution >= 0.6 is 15.9 Å². The summed E-state index contributed by atoms with van der Waals surface area (Å²) in [5.41, 5.74) is 0.622. The lowest BCUT2D eigenvalue weighted by Gasteiger charge is -2.28. The molecule has 0 bridgehead atoms. The van der Waals surface area contributed by atoms with Crippen LogP contribution in [0.5, 0.6) is 5.75 Å². The van der Waals surface area contributed by atoms with Gasteiger partial charge in [-0.1, -0.05) is 0 Å². The molecule has 0 spiro atoms. The molecule has 0 aliphatic carbocycles. The van der Waals surface area contributed by atoms with Gasteiger partial charge in [-0.05, 0) is 73.0 Å². The van der Waals surface area contributed by atoms with Gasteiger partial charge in [-0.3, -0.25) is 4.79 Å². The highest BCUT2D eigenvalue weighted by atomic mass is 79.9. The number of benzene rings is 1. The standard InChI is InChI=1S/C15H21BrN2O2/c1-18-7-5-11(6-8-18)10-17-15(19)13-9-12(20-2)3-4-14(13)16/h3-4,9,11H,5-8,10H2,1-2H3,(H,17,19). The van der Waals surface area contributed by atoms with Gasteiger partial charge in [0, 0.05) is 11.0 Å². The van der Waals surface area contributed by atoms with E-state index in [1.54, 1.807) is 13.2 Å². The Morgan fingerprint density at radius 3 is 2.80 bits per heavy atom. The van der Waals surface area contributed by atoms with E-state index < -0.39 is 0 Å². The maximum Gasteiger partial charge on any atom is 0.252 e. The molecule has 1 aliphatic rings. The number of nitrogens with zero attached hydrogens (tertiary/aromatic N) is 1. The molecule has 1 aromatic rings. The van der Waals surface area contributed by atoms with Gasteiger partial charge in [0.25, 0.3) is 5.91 Å². The minimum atomic E-state index is -0.0466. The molecular formula is C15H21BrN2O2. The van der Waals surface area contributed by atoms with Gasteiger partial charge in [0.05, 0.1) is 12.7 Å². The minimum absolute atomic E-state index is 0.0466. The lowest BCUT2D eigenvalue weighted by atomic mass is 9.97. The van der Waals surface area contributed by atoms with Crippen molar-refractivity contribution < 1.29 is 9.53 Å². The average molecular weight is 341 g/mol. The number of amides is 1. The van der Waals surface area contributed by atoms with Crippen LogP contribution in [0.4, 0.5) is 0 Å². The van der Waals surface area contributed by atoms with Gasteiger partial charge in [-0.15, -0.1) is 0 Å². The summed E-state index contributed by atoms with van der Waals surface area (Å²) in [6.45, 7) is 2.98. The van der Waals surface area contributed by atoms with Gasteiger partial charge in [0.1, 0.15) is 5.75 Å². The first-order valence-electron chi connectivity index (χ1n) is 6.90. The summed E-state index contributed by atoms with van der Waals surface area (Å²) in [7, 11) is 3.74. The van der Waals surface area contributed by atoms with Crippen LogP contribution in [0, 0.1) is 5.92 Å². The number of hydrogen-bond acceptors (Lipinski definition) is 3. The molecule has 0 radical (unpaired) electrons. The molecule has 1 heterocycles. The molecule has 1 aliphatic heterocycles. The normalized spacial score (nSPS) is 16.9. The maximum absolute atomic E-state index is 12.2. The van der Waals surface area contributed by atoms with Crippen LogP contribution in [0.25, 0.3) is 0 Å². The molecule has 4 nitrogen and oxygen atoms in total. The largest absolute Gasteiger partial charge is 0.497 e. The zero-order valence-electron chi connectivity index (χ0n) is 12.0. The van der Waals surface area contributed by atoms with E-state index in [2.05, 4.69) is 33.2 Å². The lowest BCUT2D eigenvalue weighted by molar-refractivity contribution is 0.0938. The quantitative estimate of drug-likeness (QED) is 0.915. The van der Waals surface area contributed by atoms with E-state index in [1.165, 1.54) is 0 Å². The monoisotopic (exact) mass is 340 g/mol. The van der Waals surface area contributed by atoms with Gasteiger partial charge in [-0.25, -0.2) is 0 Å². The number of hydrogen-bond donors (Lipinski definition) is 1. The van der Waals surface area contributed by atoms with Crippen molar-refractivity contribution in [1.29, 1.82) is 0 Å². The number of methoxy groups -OCH3 is 1. The van der Waals surface area contributed by atoms with Crippen molar-refractivity contribution in [3.8, 4) is 5.75 Å². The van der Waals surface area contributed by atoms with E-state index in [4.69, 9.17) is 4.74 Å². The molecule has 1 N–H and O–H groups in total. The number of likely N-dealkylation sites (tertiary alicyclic amines) is 1. The van der Waals surface area contributed by atoms with Gasteiger partial charge >= 0.3 is 0 Å². The Morgan fingerprint density at radius 1 is 1.45 bits per heavy atom. The molecule has 20 heavy (non-hydrogen) atoms. The number of nitrogens with one attached hydrogen (secondary N) is 1. The van der Waals surface area contributed by atoms with Crippen LogP contribution < -0.4 is 10.1 Å². The van der Waals surface area contributed by atoms with E-state index in [-0.39, 0.29) is 5.91 Å². The maximum atomic E-state index is 12.2. The van der Waals surface area contributed by atoms with Crippen LogP contribution in [0.15, 0.2) is 22.7 Å². The van der Waals surface area contributed by atoms with E-state index >= 15 is 0 Å². The second kappa shape index (κ2) is 7.09. The zero-order valence-corrected chi connectivity index (χ0v) is 13.6. The topological polar surface area (TPSA) is 41.6 Å². The summed E-state index contributed by atoms with van der Waals surface area (Å²) in [6, 6.07) is 5.43. The summed E-state index contributed by atoms with van der Waals surface area (Å²) in [4.78, 5) is 14.6. The van der Waals surface area contributed by atoms with Gasteiger partial charge < -0.3 is 15.0 Å². The van der Waals surface area contributed by atoms with Gasteiger partial charge in [0.15, 0.2) is 0 Å². The molecule has 0 unspecified atom stereocenters. The number of rotatable bonds is 4. The van der Waals surface area contributed by atoms with Gasteiger partial charge in [-0.2, -0.15) is 0 Å². The summed E-state index contributed by atoms with van der Waals surface area (Å²) in [6.07, 6.45) is 2.30. The smallest absolute Gasteiger partial charge is 0.252 e. The van der Waals surface area contributed by atoms with Crippen molar-refractivity contribution in [3.05, 3.63) is 28.2 Å². The molecular weight excluding hydrogens is 320 g/mol. The number of carbonyl (C=O) groups excluding carboxylic acids is 1. The predicted octanol–water partition coefficient (Wildman–Crippen LogP) is 2.53. The van der Waals surface area contributed by atoms with E-state index in [0.29, 0.717) is 17.2 Å². The Bertz CT molecular complexity index is 471. The number of carbonyl (C=O) groups is 1. The molecule has 0 aromatic heterocycles. The molecule has 1 fully saturated rings. The first kappa shape index (κ1) is 15.3. The van der Waals surface area contributed by atoms with Crippen molar-refractivity contribution in [3.63, 3.8) is 0 Å². The minimum Gasteiger partial charge on any atom is -0.497 e. The first-order valence-corrected chi connectivity index (χ1v) is 7.69. The number of halogens is 1. The molecule has 2 rings (SSSR count). The highest BCUT2D eigenvalue weighted by Crippen LogP contribution is 2.22. The molecule has 5 heteroatoms. The van der Waals surface area contributed by atoms with Crippen molar-refractivity contribution in [1.82, 2.24) is 10.2 Å². The Hall–Kier alpha value is -1.07. The highest BCUT2D eigenvalue weighted by Gasteiger charge is 2.18. The van der Waals surface area contributed by atoms with Crippen molar-refractivity contribution in [2.45, 2.75) is 12.8 Å². The third-order valence-electron chi connectivity index (χ3n) is 3.81. The molecule has 1 amide bonds. The van der Waals surface area contributed by atoms with E-state index in [9.17, 15) is 4.79 Å². The summed E-state index contributed by atoms with van der Waals surface area (Å²) < 4.78 is 5.95. The molecule has 110 valence electrons. The predicted molar refractivity (Wildman–Crippen MR) is 83.2 cm³/mol. The van der Waals surface area contributed by atoms with E-state index in [0.717, 1.165) is 36.9 Å². The van der Waals surface area contributed by atoms with Crippen LogP contribution in [0.3, 0.4) is 0 Å². The number of ether oxygens (including phenoxy) is 1. The van der Waals surface area contributed by atoms with Crippen LogP contribution in [-0.4, -0.2) is 44.6 Å². The fraction of sp³-hybridized carbons (Fsp3) is 0.533. The third kappa shape index (κ3) is 3.96. The molecule has 1 aromatic carbocycles.